The van der Waals surface area contributed by atoms with Crippen LogP contribution in [-0.4, -0.2) is 34.8 Å². The Morgan fingerprint density at radius 2 is 1.92 bits per heavy atom. The van der Waals surface area contributed by atoms with E-state index in [9.17, 15) is 4.79 Å². The smallest absolute Gasteiger partial charge is 0.335 e. The summed E-state index contributed by atoms with van der Waals surface area (Å²) in [5.41, 5.74) is 7.23. The van der Waals surface area contributed by atoms with Crippen LogP contribution in [0.2, 0.25) is 0 Å². The number of fused-ring (bicyclic) bond motifs is 1. The van der Waals surface area contributed by atoms with E-state index >= 15 is 0 Å². The molecule has 2 aromatic carbocycles. The molecule has 0 radical (unpaired) electrons. The van der Waals surface area contributed by atoms with E-state index < -0.39 is 5.97 Å². The molecule has 5 nitrogen and oxygen atoms in total. The zero-order valence-corrected chi connectivity index (χ0v) is 13.9. The summed E-state index contributed by atoms with van der Waals surface area (Å²) in [6.07, 6.45) is 0.980. The summed E-state index contributed by atoms with van der Waals surface area (Å²) in [7, 11) is 0. The first kappa shape index (κ1) is 15.8. The van der Waals surface area contributed by atoms with Gasteiger partial charge in [0, 0.05) is 37.7 Å². The fourth-order valence-corrected chi connectivity index (χ4v) is 3.74. The number of hydrogen-bond donors (Lipinski definition) is 2. The van der Waals surface area contributed by atoms with E-state index in [0.717, 1.165) is 31.6 Å². The molecule has 2 heterocycles. The molecule has 5 heteroatoms. The Morgan fingerprint density at radius 1 is 1.16 bits per heavy atom. The summed E-state index contributed by atoms with van der Waals surface area (Å²) >= 11 is 0. The Morgan fingerprint density at radius 3 is 2.64 bits per heavy atom. The van der Waals surface area contributed by atoms with Crippen molar-refractivity contribution < 1.29 is 9.90 Å². The van der Waals surface area contributed by atoms with Crippen LogP contribution in [0.4, 0.5) is 0 Å². The summed E-state index contributed by atoms with van der Waals surface area (Å²) in [6, 6.07) is 17.8. The second kappa shape index (κ2) is 6.69. The summed E-state index contributed by atoms with van der Waals surface area (Å²) < 4.78 is 0. The number of hydrogen-bond acceptors (Lipinski definition) is 4. The highest BCUT2D eigenvalue weighted by Gasteiger charge is 2.36. The second-order valence-electron chi connectivity index (χ2n) is 6.71. The molecule has 0 aromatic heterocycles. The minimum absolute atomic E-state index is 0.122. The number of rotatable bonds is 4. The molecule has 4 rings (SSSR count). The number of hydrazone groups is 1. The third-order valence-electron chi connectivity index (χ3n) is 5.08. The minimum atomic E-state index is -0.894. The van der Waals surface area contributed by atoms with Gasteiger partial charge in [0.2, 0.25) is 0 Å². The van der Waals surface area contributed by atoms with Crippen molar-refractivity contribution in [2.75, 3.05) is 13.1 Å². The molecule has 128 valence electrons. The van der Waals surface area contributed by atoms with Crippen molar-refractivity contribution >= 4 is 11.7 Å². The molecular weight excluding hydrogens is 314 g/mol. The Hall–Kier alpha value is -2.66. The maximum Gasteiger partial charge on any atom is 0.335 e. The highest BCUT2D eigenvalue weighted by Crippen LogP contribution is 2.33. The van der Waals surface area contributed by atoms with E-state index in [-0.39, 0.29) is 6.04 Å². The van der Waals surface area contributed by atoms with Crippen LogP contribution < -0.4 is 5.43 Å². The molecule has 0 saturated carbocycles. The van der Waals surface area contributed by atoms with Gasteiger partial charge in [0.15, 0.2) is 0 Å². The predicted molar refractivity (Wildman–Crippen MR) is 96.5 cm³/mol. The van der Waals surface area contributed by atoms with Gasteiger partial charge >= 0.3 is 5.97 Å². The fraction of sp³-hybridized carbons (Fsp3) is 0.300. The normalized spacial score (nSPS) is 22.8. The molecule has 1 saturated heterocycles. The molecule has 2 aromatic rings. The molecule has 0 spiro atoms. The van der Waals surface area contributed by atoms with E-state index in [2.05, 4.69) is 39.7 Å². The quantitative estimate of drug-likeness (QED) is 0.902. The van der Waals surface area contributed by atoms with Crippen molar-refractivity contribution in [3.63, 3.8) is 0 Å². The molecule has 2 aliphatic heterocycles. The fourth-order valence-electron chi connectivity index (χ4n) is 3.74. The first-order chi connectivity index (χ1) is 12.2. The van der Waals surface area contributed by atoms with Crippen molar-refractivity contribution in [2.45, 2.75) is 19.0 Å². The van der Waals surface area contributed by atoms with Gasteiger partial charge in [-0.05, 0) is 23.3 Å². The molecule has 2 unspecified atom stereocenters. The molecule has 0 amide bonds. The van der Waals surface area contributed by atoms with Crippen LogP contribution >= 0.6 is 0 Å². The lowest BCUT2D eigenvalue weighted by Gasteiger charge is -2.33. The first-order valence-electron chi connectivity index (χ1n) is 8.62. The number of carbonyl (C=O) groups is 1. The van der Waals surface area contributed by atoms with Gasteiger partial charge in [-0.15, -0.1) is 0 Å². The van der Waals surface area contributed by atoms with E-state index in [1.165, 1.54) is 11.3 Å². The third kappa shape index (κ3) is 3.28. The zero-order valence-electron chi connectivity index (χ0n) is 13.9. The summed E-state index contributed by atoms with van der Waals surface area (Å²) in [5, 5.41) is 13.6. The minimum Gasteiger partial charge on any atom is -0.478 e. The number of benzene rings is 2. The van der Waals surface area contributed by atoms with E-state index in [0.29, 0.717) is 11.5 Å². The Balaban J connectivity index is 1.48. The molecule has 25 heavy (non-hydrogen) atoms. The van der Waals surface area contributed by atoms with Gasteiger partial charge in [0.25, 0.3) is 0 Å². The molecule has 2 atom stereocenters. The highest BCUT2D eigenvalue weighted by molar-refractivity contribution is 5.90. The second-order valence-corrected chi connectivity index (χ2v) is 6.71. The molecule has 0 bridgehead atoms. The van der Waals surface area contributed by atoms with Crippen molar-refractivity contribution in [2.24, 2.45) is 11.0 Å². The number of likely N-dealkylation sites (tertiary alicyclic amines) is 1. The molecular formula is C20H21N3O2. The van der Waals surface area contributed by atoms with Crippen LogP contribution in [0.5, 0.6) is 0 Å². The molecule has 2 N–H and O–H groups in total. The van der Waals surface area contributed by atoms with Crippen molar-refractivity contribution in [3.05, 3.63) is 71.3 Å². The standard InChI is InChI=1S/C20H21N3O2/c24-20(25)16-8-6-15(7-9-16)19-17-13-23(11-10-18(17)21-22-19)12-14-4-2-1-3-5-14/h1-9,17,19,22H,10-13H2,(H,24,25). The molecule has 2 aliphatic rings. The number of aromatic carboxylic acids is 1. The van der Waals surface area contributed by atoms with E-state index in [4.69, 9.17) is 5.11 Å². The van der Waals surface area contributed by atoms with Gasteiger partial charge in [-0.3, -0.25) is 4.90 Å². The Bertz CT molecular complexity index is 786. The van der Waals surface area contributed by atoms with Gasteiger partial charge < -0.3 is 10.5 Å². The Labute approximate surface area is 147 Å². The SMILES string of the molecule is O=C(O)c1ccc(C2NN=C3CCN(Cc4ccccc4)CC32)cc1. The monoisotopic (exact) mass is 335 g/mol. The van der Waals surface area contributed by atoms with Crippen LogP contribution in [0.1, 0.15) is 33.9 Å². The molecule has 0 aliphatic carbocycles. The molecule has 1 fully saturated rings. The van der Waals surface area contributed by atoms with Gasteiger partial charge in [0.05, 0.1) is 11.6 Å². The van der Waals surface area contributed by atoms with Gasteiger partial charge in [-0.1, -0.05) is 42.5 Å². The van der Waals surface area contributed by atoms with Crippen LogP contribution in [0.25, 0.3) is 0 Å². The van der Waals surface area contributed by atoms with Crippen molar-refractivity contribution in [1.82, 2.24) is 10.3 Å². The van der Waals surface area contributed by atoms with Gasteiger partial charge in [-0.2, -0.15) is 5.10 Å². The zero-order chi connectivity index (χ0) is 17.2. The van der Waals surface area contributed by atoms with Crippen LogP contribution in [0, 0.1) is 5.92 Å². The third-order valence-corrected chi connectivity index (χ3v) is 5.08. The van der Waals surface area contributed by atoms with Gasteiger partial charge in [0.1, 0.15) is 0 Å². The predicted octanol–water partition coefficient (Wildman–Crippen LogP) is 2.91. The largest absolute Gasteiger partial charge is 0.478 e. The maximum absolute atomic E-state index is 11.0. The van der Waals surface area contributed by atoms with Gasteiger partial charge in [-0.25, -0.2) is 4.79 Å². The first-order valence-corrected chi connectivity index (χ1v) is 8.62. The summed E-state index contributed by atoms with van der Waals surface area (Å²) in [4.78, 5) is 13.5. The topological polar surface area (TPSA) is 64.9 Å². The summed E-state index contributed by atoms with van der Waals surface area (Å²) in [5.74, 6) is -0.553. The van der Waals surface area contributed by atoms with Crippen LogP contribution in [0.15, 0.2) is 59.7 Å². The number of piperidine rings is 1. The summed E-state index contributed by atoms with van der Waals surface area (Å²) in [6.45, 7) is 2.94. The number of carboxylic acid groups (broad SMARTS) is 1. The lowest BCUT2D eigenvalue weighted by atomic mass is 9.86. The number of nitrogens with zero attached hydrogens (tertiary/aromatic N) is 2. The van der Waals surface area contributed by atoms with Crippen molar-refractivity contribution in [3.8, 4) is 0 Å². The van der Waals surface area contributed by atoms with Crippen molar-refractivity contribution in [1.29, 1.82) is 0 Å². The number of carboxylic acids is 1. The van der Waals surface area contributed by atoms with E-state index in [1.54, 1.807) is 12.1 Å². The lowest BCUT2D eigenvalue weighted by Crippen LogP contribution is -2.41. The van der Waals surface area contributed by atoms with Crippen LogP contribution in [-0.2, 0) is 6.54 Å². The lowest BCUT2D eigenvalue weighted by molar-refractivity contribution is 0.0697. The van der Waals surface area contributed by atoms with E-state index in [1.807, 2.05) is 18.2 Å². The average Bonchev–Trinajstić information content (AvgIpc) is 3.06. The highest BCUT2D eigenvalue weighted by atomic mass is 16.4. The number of nitrogens with one attached hydrogen (secondary N) is 1. The van der Waals surface area contributed by atoms with Crippen LogP contribution in [0.3, 0.4) is 0 Å². The maximum atomic E-state index is 11.0. The Kier molecular flexibility index (Phi) is 4.24. The average molecular weight is 335 g/mol.